The molecule has 4 rings (SSSR count). The summed E-state index contributed by atoms with van der Waals surface area (Å²) >= 11 is 0. The fraction of sp³-hybridized carbons (Fsp3) is 0.227. The molecule has 1 amide bonds. The van der Waals surface area contributed by atoms with Crippen LogP contribution in [-0.4, -0.2) is 27.2 Å². The van der Waals surface area contributed by atoms with Crippen LogP contribution in [0.3, 0.4) is 0 Å². The third-order valence-electron chi connectivity index (χ3n) is 4.76. The van der Waals surface area contributed by atoms with Crippen molar-refractivity contribution >= 4 is 28.1 Å². The largest absolute Gasteiger partial charge is 0.494 e. The number of halogens is 1. The Labute approximate surface area is 171 Å². The normalized spacial score (nSPS) is 11.4. The summed E-state index contributed by atoms with van der Waals surface area (Å²) in [6.45, 7) is 4.62. The van der Waals surface area contributed by atoms with Gasteiger partial charge in [-0.2, -0.15) is 5.10 Å². The first-order chi connectivity index (χ1) is 14.4. The summed E-state index contributed by atoms with van der Waals surface area (Å²) in [4.78, 5) is 25.8. The fourth-order valence-corrected chi connectivity index (χ4v) is 3.43. The molecule has 0 saturated carbocycles. The highest BCUT2D eigenvalue weighted by Gasteiger charge is 2.18. The number of nitrogens with one attached hydrogen (secondary N) is 1. The zero-order valence-electron chi connectivity index (χ0n) is 16.8. The first-order valence-corrected chi connectivity index (χ1v) is 9.55. The average Bonchev–Trinajstić information content (AvgIpc) is 3.17. The van der Waals surface area contributed by atoms with E-state index in [4.69, 9.17) is 4.74 Å². The van der Waals surface area contributed by atoms with Gasteiger partial charge in [0.05, 0.1) is 18.1 Å². The second-order valence-corrected chi connectivity index (χ2v) is 7.43. The molecule has 1 N–H and O–H groups in total. The van der Waals surface area contributed by atoms with Crippen LogP contribution < -0.4 is 15.6 Å². The lowest BCUT2D eigenvalue weighted by Gasteiger charge is -2.13. The third-order valence-corrected chi connectivity index (χ3v) is 4.76. The number of nitrogens with zero attached hydrogens (tertiary/aromatic N) is 3. The number of ether oxygens (including phenoxy) is 1. The summed E-state index contributed by atoms with van der Waals surface area (Å²) in [5.41, 5.74) is 1.89. The molecule has 8 heteroatoms. The Morgan fingerprint density at radius 3 is 2.53 bits per heavy atom. The number of fused-ring (bicyclic) bond motifs is 3. The van der Waals surface area contributed by atoms with Crippen LogP contribution in [0.2, 0.25) is 0 Å². The Morgan fingerprint density at radius 1 is 1.13 bits per heavy atom. The molecule has 0 radical (unpaired) electrons. The van der Waals surface area contributed by atoms with Crippen LogP contribution in [0.15, 0.2) is 53.3 Å². The van der Waals surface area contributed by atoms with Crippen LogP contribution >= 0.6 is 0 Å². The molecule has 0 saturated heterocycles. The highest BCUT2D eigenvalue weighted by Crippen LogP contribution is 2.21. The van der Waals surface area contributed by atoms with Crippen LogP contribution in [-0.2, 0) is 6.54 Å². The Bertz CT molecular complexity index is 1320. The van der Waals surface area contributed by atoms with Gasteiger partial charge in [-0.15, -0.1) is 0 Å². The number of hydrogen-bond acceptors (Lipinski definition) is 4. The second-order valence-electron chi connectivity index (χ2n) is 7.43. The molecule has 0 aliphatic heterocycles. The summed E-state index contributed by atoms with van der Waals surface area (Å²) in [5, 5.41) is 6.95. The molecule has 0 atom stereocenters. The summed E-state index contributed by atoms with van der Waals surface area (Å²) in [6.07, 6.45) is 0. The van der Waals surface area contributed by atoms with Gasteiger partial charge in [0.1, 0.15) is 5.52 Å². The summed E-state index contributed by atoms with van der Waals surface area (Å²) in [5.74, 6) is -0.780. The first-order valence-electron chi connectivity index (χ1n) is 9.55. The maximum atomic E-state index is 13.9. The summed E-state index contributed by atoms with van der Waals surface area (Å²) < 4.78 is 22.0. The van der Waals surface area contributed by atoms with Crippen LogP contribution in [0.4, 0.5) is 10.1 Å². The lowest BCUT2D eigenvalue weighted by molar-refractivity contribution is 0.102. The minimum atomic E-state index is -0.590. The number of hydrogen-bond donors (Lipinski definition) is 1. The van der Waals surface area contributed by atoms with Crippen molar-refractivity contribution in [3.8, 4) is 5.75 Å². The number of methoxy groups -OCH3 is 1. The number of aromatic nitrogens is 3. The van der Waals surface area contributed by atoms with Crippen molar-refractivity contribution in [2.45, 2.75) is 20.4 Å². The number of rotatable bonds is 5. The van der Waals surface area contributed by atoms with E-state index in [0.29, 0.717) is 12.1 Å². The molecule has 0 bridgehead atoms. The van der Waals surface area contributed by atoms with E-state index in [-0.39, 0.29) is 28.6 Å². The smallest absolute Gasteiger partial charge is 0.277 e. The molecule has 2 heterocycles. The molecule has 4 aromatic rings. The van der Waals surface area contributed by atoms with Crippen LogP contribution in [0.25, 0.3) is 16.6 Å². The van der Waals surface area contributed by atoms with Gasteiger partial charge >= 0.3 is 0 Å². The van der Waals surface area contributed by atoms with Gasteiger partial charge in [-0.05, 0) is 30.2 Å². The van der Waals surface area contributed by atoms with Crippen molar-refractivity contribution in [1.82, 2.24) is 14.2 Å². The van der Waals surface area contributed by atoms with E-state index in [1.807, 2.05) is 38.1 Å². The van der Waals surface area contributed by atoms with E-state index in [0.717, 1.165) is 17.1 Å². The van der Waals surface area contributed by atoms with Gasteiger partial charge in [0, 0.05) is 24.4 Å². The quantitative estimate of drug-likeness (QED) is 0.546. The maximum Gasteiger partial charge on any atom is 0.277 e. The molecule has 0 aliphatic rings. The van der Waals surface area contributed by atoms with Crippen LogP contribution in [0, 0.1) is 11.7 Å². The molecule has 7 nitrogen and oxygen atoms in total. The number of carbonyl (C=O) groups is 1. The SMILES string of the molecule is COc1ccc(NC(=O)c2cc3c(=O)n(CC(C)C)c4ccccc4n3n2)cc1F. The molecule has 2 aromatic carbocycles. The lowest BCUT2D eigenvalue weighted by atomic mass is 10.2. The number of benzene rings is 2. The van der Waals surface area contributed by atoms with Crippen LogP contribution in [0.5, 0.6) is 5.75 Å². The second kappa shape index (κ2) is 7.62. The zero-order chi connectivity index (χ0) is 21.4. The Balaban J connectivity index is 1.79. The van der Waals surface area contributed by atoms with Gasteiger partial charge < -0.3 is 14.6 Å². The Hall–Kier alpha value is -3.68. The number of amides is 1. The van der Waals surface area contributed by atoms with Crippen molar-refractivity contribution in [2.24, 2.45) is 5.92 Å². The average molecular weight is 408 g/mol. The predicted molar refractivity (Wildman–Crippen MR) is 113 cm³/mol. The van der Waals surface area contributed by atoms with E-state index in [1.165, 1.54) is 29.8 Å². The molecule has 154 valence electrons. The van der Waals surface area contributed by atoms with Gasteiger partial charge in [0.15, 0.2) is 17.3 Å². The Morgan fingerprint density at radius 2 is 1.87 bits per heavy atom. The number of anilines is 1. The number of carbonyl (C=O) groups excluding carboxylic acids is 1. The van der Waals surface area contributed by atoms with Crippen molar-refractivity contribution in [2.75, 3.05) is 12.4 Å². The van der Waals surface area contributed by atoms with Gasteiger partial charge in [0.2, 0.25) is 0 Å². The lowest BCUT2D eigenvalue weighted by Crippen LogP contribution is -2.25. The van der Waals surface area contributed by atoms with Gasteiger partial charge in [-0.25, -0.2) is 8.91 Å². The van der Waals surface area contributed by atoms with Crippen molar-refractivity contribution in [3.63, 3.8) is 0 Å². The topological polar surface area (TPSA) is 77.6 Å². The van der Waals surface area contributed by atoms with Crippen LogP contribution in [0.1, 0.15) is 24.3 Å². The molecule has 30 heavy (non-hydrogen) atoms. The monoisotopic (exact) mass is 408 g/mol. The van der Waals surface area contributed by atoms with Gasteiger partial charge in [0.25, 0.3) is 11.5 Å². The maximum absolute atomic E-state index is 13.9. The minimum absolute atomic E-state index is 0.0655. The molecule has 0 aliphatic carbocycles. The minimum Gasteiger partial charge on any atom is -0.494 e. The highest BCUT2D eigenvalue weighted by molar-refractivity contribution is 6.03. The van der Waals surface area contributed by atoms with E-state index in [2.05, 4.69) is 10.4 Å². The zero-order valence-corrected chi connectivity index (χ0v) is 16.8. The Kier molecular flexibility index (Phi) is 4.99. The van der Waals surface area contributed by atoms with Crippen molar-refractivity contribution in [1.29, 1.82) is 0 Å². The molecule has 0 fully saturated rings. The number of para-hydroxylation sites is 2. The molecular weight excluding hydrogens is 387 g/mol. The van der Waals surface area contributed by atoms with E-state index in [9.17, 15) is 14.0 Å². The summed E-state index contributed by atoms with van der Waals surface area (Å²) in [7, 11) is 1.36. The first kappa shape index (κ1) is 19.6. The van der Waals surface area contributed by atoms with Gasteiger partial charge in [-0.1, -0.05) is 26.0 Å². The standard InChI is InChI=1S/C22H21FN4O3/c1-13(2)12-26-17-6-4-5-7-18(17)27-19(22(26)29)11-16(25-27)21(28)24-14-8-9-20(30-3)15(23)10-14/h4-11,13H,12H2,1-3H3,(H,24,28). The van der Waals surface area contributed by atoms with E-state index >= 15 is 0 Å². The molecular formula is C22H21FN4O3. The fourth-order valence-electron chi connectivity index (χ4n) is 3.43. The van der Waals surface area contributed by atoms with Crippen molar-refractivity contribution < 1.29 is 13.9 Å². The van der Waals surface area contributed by atoms with Gasteiger partial charge in [-0.3, -0.25) is 9.59 Å². The molecule has 0 unspecified atom stereocenters. The third kappa shape index (κ3) is 3.41. The van der Waals surface area contributed by atoms with Crippen molar-refractivity contribution in [3.05, 3.63) is 70.4 Å². The van der Waals surface area contributed by atoms with E-state index in [1.54, 1.807) is 4.57 Å². The molecule has 2 aromatic heterocycles. The summed E-state index contributed by atoms with van der Waals surface area (Å²) in [6, 6.07) is 13.0. The predicted octanol–water partition coefficient (Wildman–Crippen LogP) is 3.71. The van der Waals surface area contributed by atoms with E-state index < -0.39 is 11.7 Å². The molecule has 0 spiro atoms. The highest BCUT2D eigenvalue weighted by atomic mass is 19.1.